The zero-order chi connectivity index (χ0) is 29.7. The van der Waals surface area contributed by atoms with Crippen molar-refractivity contribution in [3.05, 3.63) is 63.1 Å². The van der Waals surface area contributed by atoms with Crippen molar-refractivity contribution in [2.75, 3.05) is 6.54 Å². The molecule has 10 nitrogen and oxygen atoms in total. The first-order chi connectivity index (χ1) is 19.4. The van der Waals surface area contributed by atoms with Crippen LogP contribution in [0.3, 0.4) is 0 Å². The summed E-state index contributed by atoms with van der Waals surface area (Å²) in [5.41, 5.74) is 2.66. The van der Waals surface area contributed by atoms with Crippen LogP contribution in [0.15, 0.2) is 41.3 Å². The van der Waals surface area contributed by atoms with E-state index in [1.54, 1.807) is 38.1 Å². The number of ether oxygens (including phenoxy) is 1. The minimum absolute atomic E-state index is 0.0575. The minimum Gasteiger partial charge on any atom is -0.488 e. The van der Waals surface area contributed by atoms with Crippen LogP contribution < -0.4 is 4.74 Å². The van der Waals surface area contributed by atoms with Crippen LogP contribution in [0.1, 0.15) is 66.7 Å². The summed E-state index contributed by atoms with van der Waals surface area (Å²) in [6, 6.07) is 10.6. The maximum absolute atomic E-state index is 13.7. The quantitative estimate of drug-likeness (QED) is 0.296. The number of hydrogen-bond donors (Lipinski definition) is 1. The first-order valence-corrected chi connectivity index (χ1v) is 15.9. The molecule has 2 aromatic heterocycles. The number of sulfonamides is 1. The number of carboxylic acid groups (broad SMARTS) is 1. The Balaban J connectivity index is 1.59. The van der Waals surface area contributed by atoms with Crippen molar-refractivity contribution in [1.82, 2.24) is 24.3 Å². The number of hydrogen-bond acceptors (Lipinski definition) is 8. The predicted octanol–water partition coefficient (Wildman–Crippen LogP) is 5.13. The molecule has 2 atom stereocenters. The van der Waals surface area contributed by atoms with Gasteiger partial charge in [0.1, 0.15) is 27.3 Å². The summed E-state index contributed by atoms with van der Waals surface area (Å²) in [6.07, 6.45) is 0.331. The molecule has 0 saturated carbocycles. The average molecular weight is 598 g/mol. The highest BCUT2D eigenvalue weighted by Crippen LogP contribution is 2.45. The number of benzene rings is 2. The second-order valence-electron chi connectivity index (χ2n) is 11.0. The molecule has 1 unspecified atom stereocenters. The molecule has 1 aliphatic heterocycles. The molecule has 218 valence electrons. The van der Waals surface area contributed by atoms with Gasteiger partial charge in [0.15, 0.2) is 0 Å². The van der Waals surface area contributed by atoms with Gasteiger partial charge in [-0.15, -0.1) is 16.4 Å². The van der Waals surface area contributed by atoms with Gasteiger partial charge in [-0.05, 0) is 70.4 Å². The molecule has 1 N–H and O–H groups in total. The van der Waals surface area contributed by atoms with Crippen molar-refractivity contribution in [2.24, 2.45) is 5.41 Å². The van der Waals surface area contributed by atoms with E-state index in [9.17, 15) is 18.3 Å². The summed E-state index contributed by atoms with van der Waals surface area (Å²) in [4.78, 5) is 18.5. The number of aliphatic carboxylic acids is 1. The van der Waals surface area contributed by atoms with Gasteiger partial charge in [-0.25, -0.2) is 18.1 Å². The molecule has 12 heteroatoms. The molecule has 4 aromatic rings. The van der Waals surface area contributed by atoms with E-state index in [1.165, 1.54) is 15.6 Å². The van der Waals surface area contributed by atoms with Crippen LogP contribution in [-0.4, -0.2) is 56.4 Å². The number of carboxylic acids is 1. The summed E-state index contributed by atoms with van der Waals surface area (Å²) in [5, 5.41) is 19.5. The average Bonchev–Trinajstić information content (AvgIpc) is 3.49. The van der Waals surface area contributed by atoms with Gasteiger partial charge in [0.25, 0.3) is 0 Å². The third kappa shape index (κ3) is 5.02. The lowest BCUT2D eigenvalue weighted by molar-refractivity contribution is -0.147. The number of nitrogens with zero attached hydrogens (tertiary/aromatic N) is 5. The second-order valence-corrected chi connectivity index (χ2v) is 14.1. The molecule has 0 fully saturated rings. The standard InChI is InChI=1S/C29H35N5O5S2/c1-7-19-15-33(41(37,38)24-12-10-9-11-23(24)39-19)16-21-18(4)40-27(30-21)25(29(5,6)28(35)36)20-13-14-22-26(17(20)3)31-32-34(22)8-2/h9-14,19,25H,7-8,15-16H2,1-6H3,(H,35,36)/t19-,25?/m1/s1. The van der Waals surface area contributed by atoms with Crippen LogP contribution in [0, 0.1) is 19.3 Å². The first kappa shape index (κ1) is 29.2. The van der Waals surface area contributed by atoms with E-state index in [2.05, 4.69) is 10.3 Å². The van der Waals surface area contributed by atoms with E-state index in [0.717, 1.165) is 27.0 Å². The van der Waals surface area contributed by atoms with Crippen LogP contribution in [0.4, 0.5) is 0 Å². The second kappa shape index (κ2) is 10.8. The fourth-order valence-corrected chi connectivity index (χ4v) is 8.17. The maximum atomic E-state index is 13.7. The van der Waals surface area contributed by atoms with Crippen molar-refractivity contribution >= 4 is 38.4 Å². The fourth-order valence-electron chi connectivity index (χ4n) is 5.37. The van der Waals surface area contributed by atoms with Crippen LogP contribution in [0.25, 0.3) is 11.0 Å². The molecule has 1 aliphatic rings. The van der Waals surface area contributed by atoms with Gasteiger partial charge in [-0.3, -0.25) is 4.79 Å². The van der Waals surface area contributed by atoms with Crippen LogP contribution in [0.2, 0.25) is 0 Å². The van der Waals surface area contributed by atoms with E-state index in [-0.39, 0.29) is 24.1 Å². The molecule has 0 spiro atoms. The number of aromatic nitrogens is 4. The van der Waals surface area contributed by atoms with E-state index in [1.807, 2.05) is 44.5 Å². The summed E-state index contributed by atoms with van der Waals surface area (Å²) >= 11 is 1.40. The maximum Gasteiger partial charge on any atom is 0.310 e. The van der Waals surface area contributed by atoms with Crippen molar-refractivity contribution in [2.45, 2.75) is 78.0 Å². The topological polar surface area (TPSA) is 128 Å². The minimum atomic E-state index is -3.85. The number of thiazole rings is 1. The van der Waals surface area contributed by atoms with Gasteiger partial charge in [0, 0.05) is 11.4 Å². The number of rotatable bonds is 8. The smallest absolute Gasteiger partial charge is 0.310 e. The van der Waals surface area contributed by atoms with E-state index < -0.39 is 27.3 Å². The molecule has 0 aliphatic carbocycles. The molecule has 41 heavy (non-hydrogen) atoms. The first-order valence-electron chi connectivity index (χ1n) is 13.7. The van der Waals surface area contributed by atoms with E-state index in [0.29, 0.717) is 29.4 Å². The summed E-state index contributed by atoms with van der Waals surface area (Å²) in [5.74, 6) is -1.20. The molecule has 0 saturated heterocycles. The Labute approximate surface area is 244 Å². The van der Waals surface area contributed by atoms with Gasteiger partial charge in [0.2, 0.25) is 10.0 Å². The van der Waals surface area contributed by atoms with Crippen molar-refractivity contribution < 1.29 is 23.1 Å². The molecule has 0 bridgehead atoms. The Morgan fingerprint density at radius 2 is 1.93 bits per heavy atom. The lowest BCUT2D eigenvalue weighted by Gasteiger charge is -2.30. The number of fused-ring (bicyclic) bond motifs is 2. The number of carbonyl (C=O) groups is 1. The fraction of sp³-hybridized carbons (Fsp3) is 0.448. The monoisotopic (exact) mass is 597 g/mol. The molecule has 2 aromatic carbocycles. The highest BCUT2D eigenvalue weighted by atomic mass is 32.2. The largest absolute Gasteiger partial charge is 0.488 e. The molecule has 0 radical (unpaired) electrons. The highest BCUT2D eigenvalue weighted by molar-refractivity contribution is 7.89. The van der Waals surface area contributed by atoms with Gasteiger partial charge >= 0.3 is 5.97 Å². The molecule has 3 heterocycles. The van der Waals surface area contributed by atoms with Gasteiger partial charge < -0.3 is 9.84 Å². The molecule has 5 rings (SSSR count). The van der Waals surface area contributed by atoms with Gasteiger partial charge in [-0.2, -0.15) is 4.31 Å². The Hall–Kier alpha value is -3.35. The van der Waals surface area contributed by atoms with Crippen LogP contribution >= 0.6 is 11.3 Å². The van der Waals surface area contributed by atoms with Crippen molar-refractivity contribution in [1.29, 1.82) is 0 Å². The zero-order valence-electron chi connectivity index (χ0n) is 24.1. The van der Waals surface area contributed by atoms with Crippen LogP contribution in [-0.2, 0) is 27.9 Å². The normalized spacial score (nSPS) is 18.0. The van der Waals surface area contributed by atoms with Crippen LogP contribution in [0.5, 0.6) is 5.75 Å². The van der Waals surface area contributed by atoms with Crippen molar-refractivity contribution in [3.63, 3.8) is 0 Å². The van der Waals surface area contributed by atoms with Gasteiger partial charge in [0.05, 0.1) is 35.6 Å². The Morgan fingerprint density at radius 1 is 1.20 bits per heavy atom. The van der Waals surface area contributed by atoms with E-state index in [4.69, 9.17) is 9.72 Å². The van der Waals surface area contributed by atoms with Crippen molar-refractivity contribution in [3.8, 4) is 5.75 Å². The lowest BCUT2D eigenvalue weighted by Crippen LogP contribution is -2.36. The Kier molecular flexibility index (Phi) is 7.68. The Morgan fingerprint density at radius 3 is 2.61 bits per heavy atom. The molecular formula is C29H35N5O5S2. The summed E-state index contributed by atoms with van der Waals surface area (Å²) in [7, 11) is -3.85. The zero-order valence-corrected chi connectivity index (χ0v) is 25.7. The predicted molar refractivity (Wildman–Crippen MR) is 157 cm³/mol. The highest BCUT2D eigenvalue weighted by Gasteiger charge is 2.43. The SMILES string of the molecule is CC[C@@H]1CN(Cc2nc(C(c3ccc4c(nnn4CC)c3C)C(C)(C)C(=O)O)sc2C)S(=O)(=O)c2ccccc2O1. The summed E-state index contributed by atoms with van der Waals surface area (Å²) in [6.45, 7) is 12.1. The van der Waals surface area contributed by atoms with Gasteiger partial charge in [-0.1, -0.05) is 30.3 Å². The summed E-state index contributed by atoms with van der Waals surface area (Å²) < 4.78 is 36.8. The third-order valence-corrected chi connectivity index (χ3v) is 10.9. The number of para-hydroxylation sites is 1. The third-order valence-electron chi connectivity index (χ3n) is 7.97. The molecular weight excluding hydrogens is 562 g/mol. The number of aryl methyl sites for hydroxylation is 3. The Bertz CT molecular complexity index is 1730. The van der Waals surface area contributed by atoms with E-state index >= 15 is 0 Å². The molecule has 0 amide bonds. The lowest BCUT2D eigenvalue weighted by atomic mass is 9.74.